The molecule has 2 unspecified atom stereocenters. The number of carbonyl (C=O) groups excluding carboxylic acids is 11. The van der Waals surface area contributed by atoms with Crippen molar-refractivity contribution in [3.05, 3.63) is 65.7 Å². The summed E-state index contributed by atoms with van der Waals surface area (Å²) < 4.78 is 17.2. The minimum absolute atomic E-state index is 0.0121. The number of likely N-dealkylation sites (N-methyl/N-ethyl adjacent to an activating group) is 2. The third-order valence-corrected chi connectivity index (χ3v) is 19.7. The highest BCUT2D eigenvalue weighted by Gasteiger charge is 2.44. The van der Waals surface area contributed by atoms with Crippen molar-refractivity contribution in [2.45, 2.75) is 208 Å². The van der Waals surface area contributed by atoms with Crippen molar-refractivity contribution in [1.82, 2.24) is 35.6 Å². The number of amides is 8. The second kappa shape index (κ2) is 39.9. The number of nitrogens with one attached hydrogen (secondary N) is 4. The molecule has 0 radical (unpaired) electrons. The Bertz CT molecular complexity index is 2880. The molecule has 2 aliphatic heterocycles. The lowest BCUT2D eigenvalue weighted by Gasteiger charge is -2.41. The van der Waals surface area contributed by atoms with E-state index in [1.54, 1.807) is 73.9 Å². The quantitative estimate of drug-likeness (QED) is 0.0318. The Morgan fingerprint density at radius 2 is 1.33 bits per heavy atom. The van der Waals surface area contributed by atoms with Crippen LogP contribution in [0.15, 0.2) is 54.6 Å². The van der Waals surface area contributed by atoms with Gasteiger partial charge in [0.2, 0.25) is 35.4 Å². The van der Waals surface area contributed by atoms with E-state index >= 15 is 0 Å². The largest absolute Gasteiger partial charge is 0.469 e. The number of nitrogens with two attached hydrogens (primary N) is 1. The van der Waals surface area contributed by atoms with Crippen LogP contribution in [0.5, 0.6) is 0 Å². The van der Waals surface area contributed by atoms with Crippen molar-refractivity contribution in [3.63, 3.8) is 0 Å². The number of piperidine rings is 1. The molecule has 8 amide bonds. The van der Waals surface area contributed by atoms with Gasteiger partial charge in [-0.05, 0) is 113 Å². The van der Waals surface area contributed by atoms with Gasteiger partial charge >= 0.3 is 12.0 Å². The number of carbonyl (C=O) groups is 11. The van der Waals surface area contributed by atoms with Gasteiger partial charge in [0.15, 0.2) is 11.6 Å². The topological polar surface area (TPSA) is 303 Å². The highest BCUT2D eigenvalue weighted by atomic mass is 16.5. The zero-order chi connectivity index (χ0) is 71.7. The summed E-state index contributed by atoms with van der Waals surface area (Å²) >= 11 is 0. The standard InChI is InChI=1S/C73H115N9O14/c1-17-47(8)67(80(13)71(91)56(44(2)3)41-60(85)66(46(6)7)79(11)12)61(94-14)42-64(88)82-35-22-26-57(82)68(95-15)49(10)58(83)40-54(38-50-23-19-18-20-24-50)69(89)76-43-51-27-29-55(30-28-51)77-70(90)52(25-21-34-75-73(74)93)39-59(84)65(45(4)5)78-62(86)31-32-63(87)81-36-33-53(37-48(81)9)72(92)96-16/h18-20,23-24,27-30,44-49,52-54,56-57,61,65-68H,17,21-22,25-26,31-43H2,1-16H3,(H,76,89)(H,77,90)(H,78,86)(H3,74,75,93)/t47-,48?,49-,52+,53?,54+,56-,57-,61+,65-,66-,67-,68+/m0/s1. The Morgan fingerprint density at radius 3 is 1.90 bits per heavy atom. The van der Waals surface area contributed by atoms with Gasteiger partial charge in [-0.25, -0.2) is 4.79 Å². The number of ketones is 3. The van der Waals surface area contributed by atoms with Crippen LogP contribution in [0.1, 0.15) is 164 Å². The molecule has 2 aromatic rings. The number of hydrogen-bond acceptors (Lipinski definition) is 15. The van der Waals surface area contributed by atoms with Gasteiger partial charge in [-0.1, -0.05) is 111 Å². The maximum atomic E-state index is 14.7. The number of urea groups is 1. The van der Waals surface area contributed by atoms with Crippen molar-refractivity contribution >= 4 is 70.5 Å². The van der Waals surface area contributed by atoms with Gasteiger partial charge in [-0.2, -0.15) is 0 Å². The highest BCUT2D eigenvalue weighted by molar-refractivity contribution is 5.98. The number of rotatable bonds is 40. The van der Waals surface area contributed by atoms with E-state index in [2.05, 4.69) is 21.3 Å². The summed E-state index contributed by atoms with van der Waals surface area (Å²) in [7, 11) is 9.93. The summed E-state index contributed by atoms with van der Waals surface area (Å²) in [6.07, 6.45) is 1.74. The third-order valence-electron chi connectivity index (χ3n) is 19.7. The molecular formula is C73H115N9O14. The van der Waals surface area contributed by atoms with E-state index in [1.807, 2.05) is 97.8 Å². The van der Waals surface area contributed by atoms with Gasteiger partial charge in [0.25, 0.3) is 0 Å². The number of methoxy groups -OCH3 is 3. The first-order chi connectivity index (χ1) is 45.4. The fourth-order valence-corrected chi connectivity index (χ4v) is 14.1. The summed E-state index contributed by atoms with van der Waals surface area (Å²) in [5, 5.41) is 11.2. The highest BCUT2D eigenvalue weighted by Crippen LogP contribution is 2.33. The maximum absolute atomic E-state index is 14.7. The van der Waals surface area contributed by atoms with Crippen molar-refractivity contribution in [2.24, 2.45) is 59.0 Å². The van der Waals surface area contributed by atoms with Crippen LogP contribution in [0.2, 0.25) is 0 Å². The average Bonchev–Trinajstić information content (AvgIpc) is 1.53. The summed E-state index contributed by atoms with van der Waals surface area (Å²) in [5.74, 6) is -6.51. The summed E-state index contributed by atoms with van der Waals surface area (Å²) in [4.78, 5) is 157. The Labute approximate surface area is 570 Å². The minimum Gasteiger partial charge on any atom is -0.469 e. The number of benzene rings is 2. The van der Waals surface area contributed by atoms with Gasteiger partial charge in [-0.3, -0.25) is 52.8 Å². The molecule has 2 fully saturated rings. The number of primary amides is 1. The van der Waals surface area contributed by atoms with Crippen molar-refractivity contribution in [3.8, 4) is 0 Å². The van der Waals surface area contributed by atoms with E-state index in [0.717, 1.165) is 5.56 Å². The Kier molecular flexibility index (Phi) is 33.8. The van der Waals surface area contributed by atoms with Crippen LogP contribution in [0, 0.1) is 53.3 Å². The second-order valence-corrected chi connectivity index (χ2v) is 28.0. The van der Waals surface area contributed by atoms with E-state index in [1.165, 1.54) is 14.2 Å². The monoisotopic (exact) mass is 1340 g/mol. The molecule has 2 aromatic carbocycles. The molecule has 13 atom stereocenters. The molecule has 2 aliphatic rings. The van der Waals surface area contributed by atoms with Gasteiger partial charge in [-0.15, -0.1) is 0 Å². The van der Waals surface area contributed by atoms with Crippen molar-refractivity contribution < 1.29 is 67.0 Å². The number of esters is 1. The van der Waals surface area contributed by atoms with Crippen LogP contribution in [-0.4, -0.2) is 189 Å². The van der Waals surface area contributed by atoms with Crippen LogP contribution in [-0.2, 0) is 75.1 Å². The average molecular weight is 1340 g/mol. The first-order valence-electron chi connectivity index (χ1n) is 34.7. The van der Waals surface area contributed by atoms with Crippen molar-refractivity contribution in [1.29, 1.82) is 0 Å². The van der Waals surface area contributed by atoms with Crippen LogP contribution in [0.25, 0.3) is 0 Å². The normalized spacial score (nSPS) is 18.9. The number of ether oxygens (including phenoxy) is 3. The van der Waals surface area contributed by atoms with E-state index < -0.39 is 71.9 Å². The molecule has 0 saturated carbocycles. The van der Waals surface area contributed by atoms with E-state index in [4.69, 9.17) is 19.9 Å². The molecule has 536 valence electrons. The summed E-state index contributed by atoms with van der Waals surface area (Å²) in [6.45, 7) is 20.2. The zero-order valence-corrected chi connectivity index (χ0v) is 60.2. The van der Waals surface area contributed by atoms with Gasteiger partial charge in [0, 0.05) is 115 Å². The maximum Gasteiger partial charge on any atom is 0.312 e. The lowest BCUT2D eigenvalue weighted by Crippen LogP contribution is -2.54. The first kappa shape index (κ1) is 81.3. The van der Waals surface area contributed by atoms with Crippen molar-refractivity contribution in [2.75, 3.05) is 67.4 Å². The predicted molar refractivity (Wildman–Crippen MR) is 368 cm³/mol. The number of hydrogen-bond donors (Lipinski definition) is 5. The predicted octanol–water partition coefficient (Wildman–Crippen LogP) is 7.54. The second-order valence-electron chi connectivity index (χ2n) is 28.0. The zero-order valence-electron chi connectivity index (χ0n) is 60.2. The Morgan fingerprint density at radius 1 is 0.677 bits per heavy atom. The molecular weight excluding hydrogens is 1230 g/mol. The molecule has 96 heavy (non-hydrogen) atoms. The lowest BCUT2D eigenvalue weighted by molar-refractivity contribution is -0.150. The molecule has 23 nitrogen and oxygen atoms in total. The molecule has 23 heteroatoms. The number of anilines is 1. The minimum atomic E-state index is -0.961. The SMILES string of the molecule is CC[C@H](C)[C@@H]([C@@H](CC(=O)N1CCC[C@H]1[C@H](OC)[C@@H](C)C(=O)C[C@@H](Cc1ccccc1)C(=O)NCc1ccc(NC(=O)[C@H](CCCNC(N)=O)CC(=O)[C@@H](NC(=O)CCC(=O)N2CCC(C(=O)OC)CC2C)C(C)C)cc1)OC)N(C)C(=O)[C@@H](CC(=O)[C@H](C(C)C)N(C)C)C(C)C. The van der Waals surface area contributed by atoms with Crippen LogP contribution in [0.4, 0.5) is 10.5 Å². The van der Waals surface area contributed by atoms with Gasteiger partial charge in [0.1, 0.15) is 5.78 Å². The smallest absolute Gasteiger partial charge is 0.312 e. The van der Waals surface area contributed by atoms with Crippen LogP contribution in [0.3, 0.4) is 0 Å². The molecule has 4 rings (SSSR count). The Hall–Kier alpha value is -7.11. The summed E-state index contributed by atoms with van der Waals surface area (Å²) in [6, 6.07) is 13.1. The van der Waals surface area contributed by atoms with Gasteiger partial charge < -0.3 is 55.9 Å². The molecule has 2 heterocycles. The number of likely N-dealkylation sites (tertiary alicyclic amines) is 2. The number of Topliss-reactive ketones (excluding diaryl/α,β-unsaturated/α-hetero) is 3. The van der Waals surface area contributed by atoms with Crippen LogP contribution >= 0.6 is 0 Å². The Balaban J connectivity index is 1.43. The van der Waals surface area contributed by atoms with Crippen LogP contribution < -0.4 is 27.0 Å². The molecule has 2 saturated heterocycles. The van der Waals surface area contributed by atoms with E-state index in [0.29, 0.717) is 62.9 Å². The number of nitrogens with zero attached hydrogens (tertiary/aromatic N) is 4. The lowest BCUT2D eigenvalue weighted by atomic mass is 9.83. The van der Waals surface area contributed by atoms with Gasteiger partial charge in [0.05, 0.1) is 55.8 Å². The fraction of sp³-hybridized carbons (Fsp3) is 0.685. The molecule has 6 N–H and O–H groups in total. The fourth-order valence-electron chi connectivity index (χ4n) is 14.1. The molecule has 0 bridgehead atoms. The molecule has 0 aliphatic carbocycles. The summed E-state index contributed by atoms with van der Waals surface area (Å²) in [5.41, 5.74) is 7.26. The molecule has 0 spiro atoms. The third kappa shape index (κ3) is 24.2. The molecule has 0 aromatic heterocycles. The van der Waals surface area contributed by atoms with E-state index in [9.17, 15) is 52.7 Å². The first-order valence-corrected chi connectivity index (χ1v) is 34.7. The van der Waals surface area contributed by atoms with E-state index in [-0.39, 0.29) is 153 Å².